The second kappa shape index (κ2) is 4.11. The van der Waals surface area contributed by atoms with Gasteiger partial charge in [-0.1, -0.05) is 0 Å². The molecule has 0 aliphatic rings. The van der Waals surface area contributed by atoms with Crippen LogP contribution in [0, 0.1) is 0 Å². The molecule has 0 aliphatic heterocycles. The van der Waals surface area contributed by atoms with E-state index in [0.29, 0.717) is 11.5 Å². The minimum Gasteiger partial charge on any atom is -0.341 e. The van der Waals surface area contributed by atoms with E-state index in [1.54, 1.807) is 18.3 Å². The Morgan fingerprint density at radius 1 is 1.31 bits per heavy atom. The molecule has 1 N–H and O–H groups in total. The summed E-state index contributed by atoms with van der Waals surface area (Å²) in [7, 11) is 0. The van der Waals surface area contributed by atoms with Crippen LogP contribution in [-0.4, -0.2) is 21.1 Å². The van der Waals surface area contributed by atoms with Gasteiger partial charge in [-0.15, -0.1) is 0 Å². The number of imidazole rings is 1. The van der Waals surface area contributed by atoms with E-state index in [9.17, 15) is 13.2 Å². The molecular weight excluding hydrogens is 219 g/mol. The molecule has 3 nitrogen and oxygen atoms in total. The van der Waals surface area contributed by atoms with Crippen LogP contribution in [0.5, 0.6) is 0 Å². The highest BCUT2D eigenvalue weighted by Crippen LogP contribution is 2.22. The number of nitrogens with one attached hydrogen (secondary N) is 1. The molecule has 0 aromatic carbocycles. The third-order valence-corrected chi connectivity index (χ3v) is 2.18. The first-order valence-corrected chi connectivity index (χ1v) is 4.91. The van der Waals surface area contributed by atoms with Gasteiger partial charge in [0.05, 0.1) is 5.52 Å². The van der Waals surface area contributed by atoms with Gasteiger partial charge in [-0.2, -0.15) is 13.2 Å². The van der Waals surface area contributed by atoms with Crippen LogP contribution in [0.15, 0.2) is 18.3 Å². The van der Waals surface area contributed by atoms with Gasteiger partial charge in [0.15, 0.2) is 5.65 Å². The molecule has 0 saturated carbocycles. The number of hydrogen-bond donors (Lipinski definition) is 1. The Kier molecular flexibility index (Phi) is 2.80. The summed E-state index contributed by atoms with van der Waals surface area (Å²) in [5, 5.41) is 0. The molecule has 6 heteroatoms. The molecule has 0 saturated heterocycles. The lowest BCUT2D eigenvalue weighted by Crippen LogP contribution is -2.07. The first-order chi connectivity index (χ1) is 7.54. The molecule has 86 valence electrons. The summed E-state index contributed by atoms with van der Waals surface area (Å²) >= 11 is 0. The number of H-pyrrole nitrogens is 1. The van der Waals surface area contributed by atoms with E-state index in [1.165, 1.54) is 0 Å². The number of aromatic amines is 1. The van der Waals surface area contributed by atoms with Crippen LogP contribution >= 0.6 is 0 Å². The van der Waals surface area contributed by atoms with Crippen molar-refractivity contribution in [1.29, 1.82) is 0 Å². The summed E-state index contributed by atoms with van der Waals surface area (Å²) in [5.41, 5.74) is 1.30. The van der Waals surface area contributed by atoms with E-state index in [0.717, 1.165) is 5.52 Å². The zero-order valence-electron chi connectivity index (χ0n) is 8.38. The molecule has 2 aromatic rings. The topological polar surface area (TPSA) is 41.6 Å². The Balaban J connectivity index is 2.00. The van der Waals surface area contributed by atoms with Gasteiger partial charge in [0, 0.05) is 19.0 Å². The smallest absolute Gasteiger partial charge is 0.341 e. The normalized spacial score (nSPS) is 12.2. The molecule has 2 aromatic heterocycles. The fourth-order valence-electron chi connectivity index (χ4n) is 1.47. The third-order valence-electron chi connectivity index (χ3n) is 2.18. The van der Waals surface area contributed by atoms with E-state index < -0.39 is 12.6 Å². The van der Waals surface area contributed by atoms with Gasteiger partial charge in [-0.3, -0.25) is 0 Å². The fourth-order valence-corrected chi connectivity index (χ4v) is 1.47. The van der Waals surface area contributed by atoms with E-state index >= 15 is 0 Å². The molecule has 0 atom stereocenters. The van der Waals surface area contributed by atoms with Crippen LogP contribution in [0.1, 0.15) is 18.7 Å². The number of pyridine rings is 1. The highest BCUT2D eigenvalue weighted by atomic mass is 19.4. The van der Waals surface area contributed by atoms with Crippen LogP contribution in [0.25, 0.3) is 11.2 Å². The first kappa shape index (κ1) is 10.9. The molecular formula is C10H10F3N3. The van der Waals surface area contributed by atoms with Crippen molar-refractivity contribution >= 4 is 11.2 Å². The SMILES string of the molecule is FC(F)(F)CCCc1nc2ncccc2[nH]1. The van der Waals surface area contributed by atoms with Crippen LogP contribution in [0.3, 0.4) is 0 Å². The van der Waals surface area contributed by atoms with E-state index in [1.807, 2.05) is 0 Å². The zero-order valence-corrected chi connectivity index (χ0v) is 8.38. The number of alkyl halides is 3. The molecule has 0 radical (unpaired) electrons. The number of rotatable bonds is 3. The van der Waals surface area contributed by atoms with Gasteiger partial charge < -0.3 is 4.98 Å². The number of fused-ring (bicyclic) bond motifs is 1. The van der Waals surface area contributed by atoms with Gasteiger partial charge >= 0.3 is 6.18 Å². The summed E-state index contributed by atoms with van der Waals surface area (Å²) in [6.45, 7) is 0. The van der Waals surface area contributed by atoms with E-state index in [-0.39, 0.29) is 12.8 Å². The quantitative estimate of drug-likeness (QED) is 0.879. The summed E-state index contributed by atoms with van der Waals surface area (Å²) in [4.78, 5) is 11.0. The van der Waals surface area contributed by atoms with E-state index in [4.69, 9.17) is 0 Å². The Labute approximate surface area is 89.7 Å². The molecule has 2 rings (SSSR count). The van der Waals surface area contributed by atoms with Crippen LogP contribution in [0.4, 0.5) is 13.2 Å². The second-order valence-corrected chi connectivity index (χ2v) is 3.53. The molecule has 16 heavy (non-hydrogen) atoms. The number of aromatic nitrogens is 3. The minimum absolute atomic E-state index is 0.0450. The third kappa shape index (κ3) is 2.71. The molecule has 0 fully saturated rings. The second-order valence-electron chi connectivity index (χ2n) is 3.53. The summed E-state index contributed by atoms with van der Waals surface area (Å²) in [6, 6.07) is 3.54. The van der Waals surface area contributed by atoms with Crippen LogP contribution in [-0.2, 0) is 6.42 Å². The van der Waals surface area contributed by atoms with Crippen molar-refractivity contribution in [3.05, 3.63) is 24.2 Å². The Hall–Kier alpha value is -1.59. The summed E-state index contributed by atoms with van der Waals surface area (Å²) in [6.07, 6.45) is -2.94. The van der Waals surface area contributed by atoms with Gasteiger partial charge in [-0.25, -0.2) is 9.97 Å². The molecule has 0 aliphatic carbocycles. The van der Waals surface area contributed by atoms with Gasteiger partial charge in [-0.05, 0) is 18.6 Å². The number of aryl methyl sites for hydroxylation is 1. The Morgan fingerprint density at radius 2 is 2.12 bits per heavy atom. The van der Waals surface area contributed by atoms with Gasteiger partial charge in [0.1, 0.15) is 5.82 Å². The predicted octanol–water partition coefficient (Wildman–Crippen LogP) is 2.84. The number of halogens is 3. The summed E-state index contributed by atoms with van der Waals surface area (Å²) in [5.74, 6) is 0.554. The van der Waals surface area contributed by atoms with Crippen molar-refractivity contribution in [2.45, 2.75) is 25.4 Å². The highest BCUT2D eigenvalue weighted by molar-refractivity contribution is 5.69. The van der Waals surface area contributed by atoms with Gasteiger partial charge in [0.25, 0.3) is 0 Å². The lowest BCUT2D eigenvalue weighted by atomic mass is 10.2. The Bertz CT molecular complexity index is 442. The maximum absolute atomic E-state index is 11.9. The van der Waals surface area contributed by atoms with Crippen molar-refractivity contribution in [2.75, 3.05) is 0 Å². The lowest BCUT2D eigenvalue weighted by molar-refractivity contribution is -0.135. The Morgan fingerprint density at radius 3 is 2.81 bits per heavy atom. The van der Waals surface area contributed by atoms with Gasteiger partial charge in [0.2, 0.25) is 0 Å². The van der Waals surface area contributed by atoms with Crippen molar-refractivity contribution in [3.63, 3.8) is 0 Å². The lowest BCUT2D eigenvalue weighted by Gasteiger charge is -2.03. The highest BCUT2D eigenvalue weighted by Gasteiger charge is 2.26. The molecule has 0 spiro atoms. The largest absolute Gasteiger partial charge is 0.389 e. The van der Waals surface area contributed by atoms with Crippen LogP contribution < -0.4 is 0 Å². The standard InChI is InChI=1S/C10H10F3N3/c11-10(12,13)5-1-4-8-15-7-3-2-6-14-9(7)16-8/h2-3,6H,1,4-5H2,(H,14,15,16). The minimum atomic E-state index is -4.09. The van der Waals surface area contributed by atoms with Crippen molar-refractivity contribution in [2.24, 2.45) is 0 Å². The maximum Gasteiger partial charge on any atom is 0.389 e. The number of hydrogen-bond acceptors (Lipinski definition) is 2. The summed E-state index contributed by atoms with van der Waals surface area (Å²) < 4.78 is 35.8. The molecule has 2 heterocycles. The fraction of sp³-hybridized carbons (Fsp3) is 0.400. The molecule has 0 unspecified atom stereocenters. The maximum atomic E-state index is 11.9. The van der Waals surface area contributed by atoms with Crippen molar-refractivity contribution in [3.8, 4) is 0 Å². The van der Waals surface area contributed by atoms with Crippen molar-refractivity contribution in [1.82, 2.24) is 15.0 Å². The first-order valence-electron chi connectivity index (χ1n) is 4.91. The average molecular weight is 229 g/mol. The van der Waals surface area contributed by atoms with Crippen molar-refractivity contribution < 1.29 is 13.2 Å². The van der Waals surface area contributed by atoms with Crippen LogP contribution in [0.2, 0.25) is 0 Å². The zero-order chi connectivity index (χ0) is 11.6. The number of nitrogens with zero attached hydrogens (tertiary/aromatic N) is 2. The average Bonchev–Trinajstić information content (AvgIpc) is 2.57. The predicted molar refractivity (Wildman–Crippen MR) is 52.9 cm³/mol. The molecule has 0 bridgehead atoms. The van der Waals surface area contributed by atoms with E-state index in [2.05, 4.69) is 15.0 Å². The molecule has 0 amide bonds. The monoisotopic (exact) mass is 229 g/mol.